The molecule has 1 fully saturated rings. The smallest absolute Gasteiger partial charge is 0.422 e. The van der Waals surface area contributed by atoms with Crippen molar-refractivity contribution in [2.24, 2.45) is 13.0 Å². The van der Waals surface area contributed by atoms with Crippen molar-refractivity contribution < 1.29 is 27.1 Å². The number of ether oxygens (including phenoxy) is 1. The fraction of sp³-hybridized carbons (Fsp3) is 0.593. The summed E-state index contributed by atoms with van der Waals surface area (Å²) in [4.78, 5) is 20.3. The van der Waals surface area contributed by atoms with E-state index in [1.807, 2.05) is 31.4 Å². The minimum Gasteiger partial charge on any atom is -0.460 e. The monoisotopic (exact) mass is 552 g/mol. The van der Waals surface area contributed by atoms with E-state index in [2.05, 4.69) is 15.0 Å². The lowest BCUT2D eigenvalue weighted by Crippen LogP contribution is -2.36. The molecule has 0 atom stereocenters. The predicted octanol–water partition coefficient (Wildman–Crippen LogP) is 5.93. The number of benzene rings is 1. The molecule has 0 radical (unpaired) electrons. The number of nitrogens with zero attached hydrogens (tertiary/aromatic N) is 4. The predicted molar refractivity (Wildman–Crippen MR) is 138 cm³/mol. The van der Waals surface area contributed by atoms with Crippen molar-refractivity contribution in [1.29, 1.82) is 0 Å². The van der Waals surface area contributed by atoms with Gasteiger partial charge in [0.2, 0.25) is 0 Å². The SMILES string of the molecule is Cn1cc2ccc(C(=O)CC3CCC(F)(CCN4CCc5nc(OCC(F)(F)F)sc5CC4)CC3)cc2n1. The first-order valence-electron chi connectivity index (χ1n) is 13.1. The third-order valence-electron chi connectivity index (χ3n) is 7.73. The third kappa shape index (κ3) is 6.72. The molecule has 2 aliphatic rings. The summed E-state index contributed by atoms with van der Waals surface area (Å²) in [6.07, 6.45) is 2.05. The lowest BCUT2D eigenvalue weighted by Gasteiger charge is -2.35. The number of carbonyl (C=O) groups excluding carboxylic acids is 1. The number of Topliss-reactive ketones (excluding diaryl/α,β-unsaturated/α-hetero) is 1. The van der Waals surface area contributed by atoms with Crippen LogP contribution in [0.5, 0.6) is 5.19 Å². The Morgan fingerprint density at radius 1 is 1.21 bits per heavy atom. The van der Waals surface area contributed by atoms with Crippen molar-refractivity contribution in [3.8, 4) is 5.19 Å². The maximum atomic E-state index is 15.6. The Bertz CT molecular complexity index is 1250. The third-order valence-corrected chi connectivity index (χ3v) is 8.80. The van der Waals surface area contributed by atoms with Crippen molar-refractivity contribution >= 4 is 28.0 Å². The van der Waals surface area contributed by atoms with E-state index >= 15 is 4.39 Å². The van der Waals surface area contributed by atoms with Crippen LogP contribution in [0.2, 0.25) is 0 Å². The van der Waals surface area contributed by atoms with E-state index in [9.17, 15) is 18.0 Å². The molecular formula is C27H32F4N4O2S. The fourth-order valence-electron chi connectivity index (χ4n) is 5.52. The first kappa shape index (κ1) is 27.1. The van der Waals surface area contributed by atoms with Crippen molar-refractivity contribution in [2.45, 2.75) is 63.2 Å². The largest absolute Gasteiger partial charge is 0.460 e. The molecule has 1 saturated carbocycles. The molecule has 0 amide bonds. The molecule has 1 aromatic carbocycles. The molecule has 0 saturated heterocycles. The average molecular weight is 553 g/mol. The Balaban J connectivity index is 1.06. The van der Waals surface area contributed by atoms with Gasteiger partial charge in [-0.3, -0.25) is 9.48 Å². The van der Waals surface area contributed by atoms with Crippen LogP contribution in [0, 0.1) is 5.92 Å². The van der Waals surface area contributed by atoms with E-state index in [1.165, 1.54) is 11.3 Å². The minimum atomic E-state index is -4.38. The Hall–Kier alpha value is -2.53. The molecule has 1 aliphatic heterocycles. The van der Waals surface area contributed by atoms with Crippen molar-refractivity contribution in [1.82, 2.24) is 19.7 Å². The molecule has 0 N–H and O–H groups in total. The maximum absolute atomic E-state index is 15.6. The Morgan fingerprint density at radius 3 is 2.74 bits per heavy atom. The topological polar surface area (TPSA) is 60.2 Å². The summed E-state index contributed by atoms with van der Waals surface area (Å²) in [5.74, 6) is 0.284. The van der Waals surface area contributed by atoms with Crippen LogP contribution in [-0.4, -0.2) is 63.5 Å². The van der Waals surface area contributed by atoms with Crippen LogP contribution in [0.1, 0.15) is 59.5 Å². The quantitative estimate of drug-likeness (QED) is 0.256. The molecule has 0 bridgehead atoms. The van der Waals surface area contributed by atoms with Crippen LogP contribution < -0.4 is 4.74 Å². The number of aromatic nitrogens is 3. The van der Waals surface area contributed by atoms with E-state index < -0.39 is 18.5 Å². The van der Waals surface area contributed by atoms with Gasteiger partial charge in [0.15, 0.2) is 12.4 Å². The summed E-state index contributed by atoms with van der Waals surface area (Å²) < 4.78 is 59.4. The fourth-order valence-corrected chi connectivity index (χ4v) is 6.46. The van der Waals surface area contributed by atoms with Gasteiger partial charge < -0.3 is 9.64 Å². The number of hydrogen-bond donors (Lipinski definition) is 0. The molecule has 3 aromatic rings. The van der Waals surface area contributed by atoms with Crippen molar-refractivity contribution in [2.75, 3.05) is 26.2 Å². The zero-order valence-electron chi connectivity index (χ0n) is 21.4. The molecule has 2 aromatic heterocycles. The van der Waals surface area contributed by atoms with Gasteiger partial charge in [-0.15, -0.1) is 0 Å². The van der Waals surface area contributed by atoms with Gasteiger partial charge in [-0.2, -0.15) is 18.3 Å². The lowest BCUT2D eigenvalue weighted by atomic mass is 9.76. The molecule has 1 aliphatic carbocycles. The lowest BCUT2D eigenvalue weighted by molar-refractivity contribution is -0.153. The number of aryl methyl sites for hydroxylation is 1. The zero-order valence-corrected chi connectivity index (χ0v) is 22.2. The summed E-state index contributed by atoms with van der Waals surface area (Å²) >= 11 is 1.18. The first-order chi connectivity index (χ1) is 18.1. The van der Waals surface area contributed by atoms with E-state index in [4.69, 9.17) is 4.74 Å². The highest BCUT2D eigenvalue weighted by Gasteiger charge is 2.36. The van der Waals surface area contributed by atoms with Gasteiger partial charge in [0.1, 0.15) is 5.67 Å². The highest BCUT2D eigenvalue weighted by molar-refractivity contribution is 7.13. The molecule has 38 heavy (non-hydrogen) atoms. The number of carbonyl (C=O) groups is 1. The number of alkyl halides is 4. The van der Waals surface area contributed by atoms with Gasteiger partial charge in [-0.1, -0.05) is 23.5 Å². The van der Waals surface area contributed by atoms with Crippen LogP contribution in [0.3, 0.4) is 0 Å². The number of thiazole rings is 1. The summed E-state index contributed by atoms with van der Waals surface area (Å²) in [6, 6.07) is 5.61. The number of ketones is 1. The molecule has 3 heterocycles. The van der Waals surface area contributed by atoms with Crippen LogP contribution in [0.4, 0.5) is 17.6 Å². The van der Waals surface area contributed by atoms with E-state index in [0.29, 0.717) is 70.0 Å². The Morgan fingerprint density at radius 2 is 1.97 bits per heavy atom. The summed E-state index contributed by atoms with van der Waals surface area (Å²) in [6.45, 7) is 0.724. The van der Waals surface area contributed by atoms with Crippen molar-refractivity contribution in [3.63, 3.8) is 0 Å². The van der Waals surface area contributed by atoms with E-state index in [0.717, 1.165) is 28.0 Å². The molecule has 0 spiro atoms. The van der Waals surface area contributed by atoms with Gasteiger partial charge in [-0.05, 0) is 50.5 Å². The number of hydrogen-bond acceptors (Lipinski definition) is 6. The molecule has 0 unspecified atom stereocenters. The van der Waals surface area contributed by atoms with Gasteiger partial charge in [0.05, 0.1) is 11.2 Å². The normalized spacial score (nSPS) is 22.8. The van der Waals surface area contributed by atoms with Crippen molar-refractivity contribution in [3.05, 3.63) is 40.5 Å². The van der Waals surface area contributed by atoms with Crippen LogP contribution >= 0.6 is 11.3 Å². The second-order valence-corrected chi connectivity index (χ2v) is 11.7. The standard InChI is InChI=1S/C27H32F4N4O2S/c1-34-16-20-3-2-19(15-22(20)33-34)23(36)14-18-4-8-26(28,9-5-18)10-13-35-11-6-21-24(7-12-35)38-25(32-21)37-17-27(29,30)31/h2-3,15-16,18H,4-14,17H2,1H3. The highest BCUT2D eigenvalue weighted by Crippen LogP contribution is 2.39. The average Bonchev–Trinajstić information content (AvgIpc) is 3.39. The molecule has 6 nitrogen and oxygen atoms in total. The van der Waals surface area contributed by atoms with Gasteiger partial charge in [-0.25, -0.2) is 9.37 Å². The maximum Gasteiger partial charge on any atom is 0.422 e. The number of halogens is 4. The van der Waals surface area contributed by atoms with Crippen LogP contribution in [0.25, 0.3) is 10.9 Å². The zero-order chi connectivity index (χ0) is 26.9. The number of rotatable bonds is 8. The second kappa shape index (κ2) is 10.9. The molecule has 5 rings (SSSR count). The Labute approximate surface area is 223 Å². The minimum absolute atomic E-state index is 0.0657. The Kier molecular flexibility index (Phi) is 7.77. The van der Waals surface area contributed by atoms with Gasteiger partial charge >= 0.3 is 6.18 Å². The van der Waals surface area contributed by atoms with Crippen LogP contribution in [-0.2, 0) is 19.9 Å². The summed E-state index contributed by atoms with van der Waals surface area (Å²) in [7, 11) is 1.85. The second-order valence-electron chi connectivity index (χ2n) is 10.6. The van der Waals surface area contributed by atoms with Gasteiger partial charge in [0, 0.05) is 61.5 Å². The molecule has 206 valence electrons. The summed E-state index contributed by atoms with van der Waals surface area (Å²) in [5.41, 5.74) is 1.04. The molecular weight excluding hydrogens is 520 g/mol. The first-order valence-corrected chi connectivity index (χ1v) is 13.9. The molecule has 11 heteroatoms. The van der Waals surface area contributed by atoms with Crippen LogP contribution in [0.15, 0.2) is 24.4 Å². The van der Waals surface area contributed by atoms with E-state index in [-0.39, 0.29) is 16.9 Å². The van der Waals surface area contributed by atoms with E-state index in [1.54, 1.807) is 4.68 Å². The summed E-state index contributed by atoms with van der Waals surface area (Å²) in [5, 5.41) is 5.45. The highest BCUT2D eigenvalue weighted by atomic mass is 32.1. The van der Waals surface area contributed by atoms with Gasteiger partial charge in [0.25, 0.3) is 5.19 Å². The number of fused-ring (bicyclic) bond motifs is 2.